The van der Waals surface area contributed by atoms with Crippen LogP contribution in [-0.2, 0) is 38.5 Å². The molecule has 0 nitrogen and oxygen atoms in total. The molecule has 2 aromatic rings. The summed E-state index contributed by atoms with van der Waals surface area (Å²) in [6, 6.07) is 10.4. The van der Waals surface area contributed by atoms with Gasteiger partial charge in [-0.05, 0) is 0 Å². The van der Waals surface area contributed by atoms with E-state index in [9.17, 15) is 0 Å². The third-order valence-electron chi connectivity index (χ3n) is 11.9. The van der Waals surface area contributed by atoms with Gasteiger partial charge in [0, 0.05) is 0 Å². The van der Waals surface area contributed by atoms with Crippen molar-refractivity contribution in [2.75, 3.05) is 0 Å². The van der Waals surface area contributed by atoms with Crippen molar-refractivity contribution < 1.29 is 46.1 Å². The SMILES string of the molecule is CCCC[C](CCCC)=[Zr+2]([C]1=CC(C(C)(C)C)=CC1CC)[C]1=C(C)c2cc3c(cc2C1(C)C)Cc1cc2c(cc1-3)C(C)=CC2(C)C.[Cl-].[Cl-]. The topological polar surface area (TPSA) is 0 Å². The third kappa shape index (κ3) is 6.61. The van der Waals surface area contributed by atoms with Crippen LogP contribution in [0.15, 0.2) is 54.6 Å². The molecule has 1 unspecified atom stereocenters. The van der Waals surface area contributed by atoms with Gasteiger partial charge in [-0.1, -0.05) is 0 Å². The monoisotopic (exact) mass is 760 g/mol. The minimum atomic E-state index is -2.44. The van der Waals surface area contributed by atoms with Gasteiger partial charge in [0.25, 0.3) is 0 Å². The van der Waals surface area contributed by atoms with Crippen LogP contribution >= 0.6 is 0 Å². The molecule has 0 N–H and O–H groups in total. The van der Waals surface area contributed by atoms with Crippen LogP contribution < -0.4 is 24.8 Å². The molecule has 6 rings (SSSR count). The molecule has 0 saturated heterocycles. The first-order valence-electron chi connectivity index (χ1n) is 18.6. The molecular formula is C45H60Cl2Zr. The Kier molecular flexibility index (Phi) is 11.9. The first-order chi connectivity index (χ1) is 21.6. The van der Waals surface area contributed by atoms with Gasteiger partial charge in [-0.15, -0.1) is 0 Å². The Morgan fingerprint density at radius 2 is 1.35 bits per heavy atom. The molecule has 4 aliphatic rings. The van der Waals surface area contributed by atoms with Crippen molar-refractivity contribution in [1.82, 2.24) is 0 Å². The van der Waals surface area contributed by atoms with Gasteiger partial charge in [0.15, 0.2) is 0 Å². The Morgan fingerprint density at radius 3 is 1.90 bits per heavy atom. The van der Waals surface area contributed by atoms with Gasteiger partial charge < -0.3 is 24.8 Å². The Labute approximate surface area is 314 Å². The molecule has 0 spiro atoms. The molecule has 0 radical (unpaired) electrons. The normalized spacial score (nSPS) is 19.2. The predicted octanol–water partition coefficient (Wildman–Crippen LogP) is 7.05. The minimum absolute atomic E-state index is 0. The van der Waals surface area contributed by atoms with E-state index in [1.165, 1.54) is 78.3 Å². The predicted molar refractivity (Wildman–Crippen MR) is 200 cm³/mol. The molecule has 0 aromatic heterocycles. The van der Waals surface area contributed by atoms with E-state index in [4.69, 9.17) is 0 Å². The average Bonchev–Trinajstić information content (AvgIpc) is 3.69. The van der Waals surface area contributed by atoms with Crippen molar-refractivity contribution in [3.05, 3.63) is 88.0 Å². The maximum absolute atomic E-state index is 2.74. The summed E-state index contributed by atoms with van der Waals surface area (Å²) in [5.41, 5.74) is 17.3. The summed E-state index contributed by atoms with van der Waals surface area (Å²) in [5.74, 6) is 0.612. The van der Waals surface area contributed by atoms with Crippen LogP contribution in [0.2, 0.25) is 0 Å². The smallest absolute Gasteiger partial charge is 1.00 e. The fourth-order valence-corrected chi connectivity index (χ4v) is 19.4. The first-order valence-corrected chi connectivity index (χ1v) is 22.3. The molecule has 2 aromatic carbocycles. The summed E-state index contributed by atoms with van der Waals surface area (Å²) in [6.07, 6.45) is 18.1. The van der Waals surface area contributed by atoms with Crippen LogP contribution in [-0.4, -0.2) is 3.21 Å². The second kappa shape index (κ2) is 14.4. The Bertz CT molecular complexity index is 1750. The summed E-state index contributed by atoms with van der Waals surface area (Å²) in [7, 11) is 0. The van der Waals surface area contributed by atoms with Gasteiger partial charge in [0.1, 0.15) is 0 Å². The number of unbranched alkanes of at least 4 members (excludes halogenated alkanes) is 2. The zero-order valence-electron chi connectivity index (χ0n) is 32.0. The van der Waals surface area contributed by atoms with E-state index in [2.05, 4.69) is 126 Å². The number of benzene rings is 2. The van der Waals surface area contributed by atoms with E-state index in [0.717, 1.165) is 6.42 Å². The molecule has 0 amide bonds. The summed E-state index contributed by atoms with van der Waals surface area (Å²) in [4.78, 5) is 0. The van der Waals surface area contributed by atoms with E-state index in [1.807, 2.05) is 9.77 Å². The van der Waals surface area contributed by atoms with Gasteiger partial charge in [0.05, 0.1) is 0 Å². The van der Waals surface area contributed by atoms with Crippen LogP contribution in [0.1, 0.15) is 161 Å². The molecule has 1 atom stereocenters. The Balaban J connectivity index is 0.00000260. The Morgan fingerprint density at radius 1 is 0.792 bits per heavy atom. The Hall–Kier alpha value is -1.27. The molecular weight excluding hydrogens is 703 g/mol. The van der Waals surface area contributed by atoms with E-state index in [1.54, 1.807) is 27.8 Å². The molecule has 48 heavy (non-hydrogen) atoms. The molecule has 0 heterocycles. The first kappa shape index (κ1) is 39.5. The maximum Gasteiger partial charge on any atom is -1.00 e. The maximum atomic E-state index is 2.74. The third-order valence-corrected chi connectivity index (χ3v) is 21.2. The van der Waals surface area contributed by atoms with Crippen molar-refractivity contribution in [2.45, 2.75) is 145 Å². The van der Waals surface area contributed by atoms with Crippen molar-refractivity contribution in [2.24, 2.45) is 11.3 Å². The van der Waals surface area contributed by atoms with Gasteiger partial charge >= 0.3 is 291 Å². The van der Waals surface area contributed by atoms with Crippen LogP contribution in [0.3, 0.4) is 0 Å². The van der Waals surface area contributed by atoms with Gasteiger partial charge in [-0.25, -0.2) is 0 Å². The number of halogens is 2. The summed E-state index contributed by atoms with van der Waals surface area (Å²) >= 11 is -2.44. The molecule has 0 saturated carbocycles. The number of allylic oxidation sites excluding steroid dienone is 8. The van der Waals surface area contributed by atoms with Crippen molar-refractivity contribution in [1.29, 1.82) is 0 Å². The molecule has 0 fully saturated rings. The fourth-order valence-electron chi connectivity index (χ4n) is 9.28. The summed E-state index contributed by atoms with van der Waals surface area (Å²) < 4.78 is 5.76. The molecule has 258 valence electrons. The zero-order valence-corrected chi connectivity index (χ0v) is 36.0. The zero-order chi connectivity index (χ0) is 33.3. The number of hydrogen-bond acceptors (Lipinski definition) is 0. The minimum Gasteiger partial charge on any atom is -1.00 e. The molecule has 0 aliphatic heterocycles. The van der Waals surface area contributed by atoms with E-state index < -0.39 is 21.3 Å². The fraction of sp³-hybridized carbons (Fsp3) is 0.533. The van der Waals surface area contributed by atoms with Gasteiger partial charge in [-0.3, -0.25) is 0 Å². The molecule has 3 heteroatoms. The van der Waals surface area contributed by atoms with Crippen LogP contribution in [0.25, 0.3) is 22.3 Å². The number of hydrogen-bond donors (Lipinski definition) is 0. The van der Waals surface area contributed by atoms with Crippen molar-refractivity contribution in [3.8, 4) is 11.1 Å². The van der Waals surface area contributed by atoms with Crippen molar-refractivity contribution in [3.63, 3.8) is 0 Å². The van der Waals surface area contributed by atoms with E-state index >= 15 is 0 Å². The van der Waals surface area contributed by atoms with E-state index in [0.29, 0.717) is 5.92 Å². The van der Waals surface area contributed by atoms with Gasteiger partial charge in [0.2, 0.25) is 0 Å². The molecule has 0 bridgehead atoms. The van der Waals surface area contributed by atoms with E-state index in [-0.39, 0.29) is 41.1 Å². The second-order valence-corrected chi connectivity index (χ2v) is 23.4. The summed E-state index contributed by atoms with van der Waals surface area (Å²) in [5, 5.41) is 0. The largest absolute Gasteiger partial charge is 1.00 e. The standard InChI is InChI=1S/C25H25.C11H17.C9H18.2ClH.Zr/c1-14-12-24(3,4)22-8-16-7-17-9-23-19(15(2)13-25(23,5)6)11-21(17)20(16)10-18(14)22;1-5-9-6-7-10(8-9)11(2,3)4;1-3-5-7-9-8-6-4-2;;;/h8-12H,7H2,1-6H3;7-9H,5H2,1-4H3;3-8H2,1-2H3;2*1H;/q;;;;;+2/p-2. The number of rotatable bonds is 9. The summed E-state index contributed by atoms with van der Waals surface area (Å²) in [6.45, 7) is 29.2. The molecule has 4 aliphatic carbocycles. The quantitative estimate of drug-likeness (QED) is 0.220. The van der Waals surface area contributed by atoms with Crippen LogP contribution in [0, 0.1) is 11.3 Å². The van der Waals surface area contributed by atoms with Crippen LogP contribution in [0.5, 0.6) is 0 Å². The van der Waals surface area contributed by atoms with Crippen molar-refractivity contribution >= 4 is 14.4 Å². The van der Waals surface area contributed by atoms with Gasteiger partial charge in [-0.2, -0.15) is 0 Å². The number of fused-ring (bicyclic) bond motifs is 5. The second-order valence-electron chi connectivity index (χ2n) is 17.1. The average molecular weight is 763 g/mol. The van der Waals surface area contributed by atoms with Crippen LogP contribution in [0.4, 0.5) is 0 Å².